The Bertz CT molecular complexity index is 903. The smallest absolute Gasteiger partial charge is 0.147 e. The summed E-state index contributed by atoms with van der Waals surface area (Å²) in [4.78, 5) is 15.1. The highest BCUT2D eigenvalue weighted by atomic mass is 32.1. The number of aromatic nitrogens is 3. The zero-order valence-electron chi connectivity index (χ0n) is 14.3. The van der Waals surface area contributed by atoms with Gasteiger partial charge < -0.3 is 10.1 Å². The molecule has 5 nitrogen and oxygen atoms in total. The first-order chi connectivity index (χ1) is 11.7. The van der Waals surface area contributed by atoms with Crippen LogP contribution in [0.1, 0.15) is 43.0 Å². The Labute approximate surface area is 145 Å². The Morgan fingerprint density at radius 2 is 2.08 bits per heavy atom. The van der Waals surface area contributed by atoms with Crippen molar-refractivity contribution in [2.75, 3.05) is 25.6 Å². The fraction of sp³-hybridized carbons (Fsp3) is 0.500. The van der Waals surface area contributed by atoms with Crippen LogP contribution in [0.4, 0.5) is 5.82 Å². The first-order valence-corrected chi connectivity index (χ1v) is 9.34. The molecule has 0 aromatic carbocycles. The lowest BCUT2D eigenvalue weighted by molar-refractivity contribution is 0.210. The third-order valence-corrected chi connectivity index (χ3v) is 5.73. The van der Waals surface area contributed by atoms with E-state index in [4.69, 9.17) is 9.72 Å². The van der Waals surface area contributed by atoms with Crippen LogP contribution in [0.5, 0.6) is 0 Å². The molecule has 0 unspecified atom stereocenters. The molecule has 0 saturated heterocycles. The number of aryl methyl sites for hydroxylation is 1. The summed E-state index contributed by atoms with van der Waals surface area (Å²) in [6.45, 7) is 5.86. The van der Waals surface area contributed by atoms with Gasteiger partial charge in [0.1, 0.15) is 17.0 Å². The van der Waals surface area contributed by atoms with Crippen LogP contribution in [-0.2, 0) is 17.6 Å². The normalized spacial score (nSPS) is 14.0. The maximum absolute atomic E-state index is 5.12. The average molecular weight is 342 g/mol. The minimum Gasteiger partial charge on any atom is -0.383 e. The molecule has 24 heavy (non-hydrogen) atoms. The Morgan fingerprint density at radius 3 is 2.88 bits per heavy atom. The van der Waals surface area contributed by atoms with Crippen LogP contribution >= 0.6 is 11.3 Å². The lowest BCUT2D eigenvalue weighted by Crippen LogP contribution is -2.08. The van der Waals surface area contributed by atoms with Crippen molar-refractivity contribution >= 4 is 37.6 Å². The van der Waals surface area contributed by atoms with E-state index < -0.39 is 0 Å². The van der Waals surface area contributed by atoms with Gasteiger partial charge in [0.25, 0.3) is 0 Å². The van der Waals surface area contributed by atoms with Gasteiger partial charge in [-0.2, -0.15) is 0 Å². The van der Waals surface area contributed by atoms with Crippen LogP contribution < -0.4 is 5.32 Å². The number of anilines is 1. The molecular formula is C18H22N4OS. The van der Waals surface area contributed by atoms with Crippen LogP contribution in [0.3, 0.4) is 0 Å². The second kappa shape index (κ2) is 6.26. The Hall–Kier alpha value is -1.79. The van der Waals surface area contributed by atoms with E-state index in [2.05, 4.69) is 29.1 Å². The van der Waals surface area contributed by atoms with Crippen molar-refractivity contribution < 1.29 is 4.74 Å². The second-order valence-corrected chi connectivity index (χ2v) is 7.56. The molecule has 0 saturated carbocycles. The van der Waals surface area contributed by atoms with E-state index in [1.807, 2.05) is 0 Å². The Kier molecular flexibility index (Phi) is 4.10. The van der Waals surface area contributed by atoms with Crippen LogP contribution in [0.25, 0.3) is 20.4 Å². The van der Waals surface area contributed by atoms with Crippen molar-refractivity contribution in [3.05, 3.63) is 23.1 Å². The summed E-state index contributed by atoms with van der Waals surface area (Å²) < 4.78 is 6.23. The van der Waals surface area contributed by atoms with Gasteiger partial charge in [0.05, 0.1) is 16.8 Å². The van der Waals surface area contributed by atoms with Gasteiger partial charge in [-0.25, -0.2) is 15.0 Å². The topological polar surface area (TPSA) is 59.9 Å². The first kappa shape index (κ1) is 15.7. The van der Waals surface area contributed by atoms with Crippen molar-refractivity contribution in [1.29, 1.82) is 0 Å². The number of nitrogens with one attached hydrogen (secondary N) is 1. The van der Waals surface area contributed by atoms with Gasteiger partial charge in [-0.05, 0) is 36.3 Å². The number of hydrogen-bond donors (Lipinski definition) is 1. The average Bonchev–Trinajstić information content (AvgIpc) is 3.18. The van der Waals surface area contributed by atoms with Crippen molar-refractivity contribution in [1.82, 2.24) is 15.0 Å². The number of rotatable bonds is 5. The van der Waals surface area contributed by atoms with E-state index in [1.54, 1.807) is 24.8 Å². The second-order valence-electron chi connectivity index (χ2n) is 6.56. The number of ether oxygens (including phenoxy) is 1. The van der Waals surface area contributed by atoms with Crippen LogP contribution in [0, 0.1) is 0 Å². The van der Waals surface area contributed by atoms with E-state index in [0.717, 1.165) is 40.3 Å². The highest BCUT2D eigenvalue weighted by Gasteiger charge is 2.25. The summed E-state index contributed by atoms with van der Waals surface area (Å²) in [7, 11) is 1.71. The molecule has 1 N–H and O–H groups in total. The minimum atomic E-state index is 0.455. The Morgan fingerprint density at radius 1 is 1.25 bits per heavy atom. The molecule has 1 aliphatic carbocycles. The maximum Gasteiger partial charge on any atom is 0.147 e. The largest absolute Gasteiger partial charge is 0.383 e. The number of nitrogens with zero attached hydrogens (tertiary/aromatic N) is 3. The SMILES string of the molecule is COCCNc1ncnc2c1sc1nc(C(C)C)c3c(c12)CCC3. The standard InChI is InChI=1S/C18H22N4OS/c1-10(2)14-12-6-4-5-11(12)13-15-16(24-18(13)22-14)17(21-9-20-15)19-7-8-23-3/h9-10H,4-8H2,1-3H3,(H,19,20,21). The molecule has 126 valence electrons. The lowest BCUT2D eigenvalue weighted by Gasteiger charge is -2.11. The van der Waals surface area contributed by atoms with Gasteiger partial charge in [-0.1, -0.05) is 13.8 Å². The third-order valence-electron chi connectivity index (χ3n) is 4.65. The predicted molar refractivity (Wildman–Crippen MR) is 99.2 cm³/mol. The summed E-state index contributed by atoms with van der Waals surface area (Å²) in [6, 6.07) is 0. The van der Waals surface area contributed by atoms with Gasteiger partial charge in [-0.15, -0.1) is 11.3 Å². The van der Waals surface area contributed by atoms with E-state index in [9.17, 15) is 0 Å². The van der Waals surface area contributed by atoms with Crippen molar-refractivity contribution in [3.63, 3.8) is 0 Å². The minimum absolute atomic E-state index is 0.455. The third kappa shape index (κ3) is 2.45. The molecule has 3 aromatic rings. The maximum atomic E-state index is 5.12. The van der Waals surface area contributed by atoms with Crippen LogP contribution in [0.2, 0.25) is 0 Å². The Balaban J connectivity index is 1.93. The van der Waals surface area contributed by atoms with E-state index in [-0.39, 0.29) is 0 Å². The van der Waals surface area contributed by atoms with Gasteiger partial charge in [-0.3, -0.25) is 0 Å². The van der Waals surface area contributed by atoms with Crippen LogP contribution in [0.15, 0.2) is 6.33 Å². The van der Waals surface area contributed by atoms with Gasteiger partial charge >= 0.3 is 0 Å². The molecule has 0 atom stereocenters. The fourth-order valence-corrected chi connectivity index (χ4v) is 4.73. The number of thiophene rings is 1. The number of pyridine rings is 1. The van der Waals surface area contributed by atoms with Crippen LogP contribution in [-0.4, -0.2) is 35.2 Å². The first-order valence-electron chi connectivity index (χ1n) is 8.52. The highest BCUT2D eigenvalue weighted by molar-refractivity contribution is 7.26. The molecule has 0 bridgehead atoms. The molecule has 6 heteroatoms. The molecule has 4 rings (SSSR count). The summed E-state index contributed by atoms with van der Waals surface area (Å²) in [5, 5.41) is 4.61. The predicted octanol–water partition coefficient (Wildman–Crippen LogP) is 3.91. The molecule has 1 aliphatic rings. The molecule has 3 aromatic heterocycles. The molecule has 0 fully saturated rings. The fourth-order valence-electron chi connectivity index (χ4n) is 3.60. The molecule has 0 radical (unpaired) electrons. The lowest BCUT2D eigenvalue weighted by atomic mass is 9.99. The monoisotopic (exact) mass is 342 g/mol. The molecule has 0 aliphatic heterocycles. The van der Waals surface area contributed by atoms with Gasteiger partial charge in [0.2, 0.25) is 0 Å². The van der Waals surface area contributed by atoms with E-state index >= 15 is 0 Å². The highest BCUT2D eigenvalue weighted by Crippen LogP contribution is 2.42. The number of hydrogen-bond acceptors (Lipinski definition) is 6. The van der Waals surface area contributed by atoms with Gasteiger partial charge in [0.15, 0.2) is 0 Å². The van der Waals surface area contributed by atoms with Crippen molar-refractivity contribution in [2.45, 2.75) is 39.0 Å². The summed E-state index contributed by atoms with van der Waals surface area (Å²) in [6.07, 6.45) is 5.15. The molecule has 0 spiro atoms. The van der Waals surface area contributed by atoms with Crippen molar-refractivity contribution in [2.24, 2.45) is 0 Å². The molecular weight excluding hydrogens is 320 g/mol. The number of methoxy groups -OCH3 is 1. The summed E-state index contributed by atoms with van der Waals surface area (Å²) in [5.41, 5.74) is 5.25. The van der Waals surface area contributed by atoms with Crippen molar-refractivity contribution in [3.8, 4) is 0 Å². The molecule has 3 heterocycles. The van der Waals surface area contributed by atoms with E-state index in [1.165, 1.54) is 28.6 Å². The zero-order valence-corrected chi connectivity index (χ0v) is 15.2. The number of fused-ring (bicyclic) bond motifs is 5. The van der Waals surface area contributed by atoms with Gasteiger partial charge in [0, 0.05) is 24.7 Å². The summed E-state index contributed by atoms with van der Waals surface area (Å²) in [5.74, 6) is 1.34. The zero-order chi connectivity index (χ0) is 16.7. The van der Waals surface area contributed by atoms with E-state index in [0.29, 0.717) is 12.5 Å². The molecule has 0 amide bonds. The summed E-state index contributed by atoms with van der Waals surface area (Å²) >= 11 is 1.70. The quantitative estimate of drug-likeness (QED) is 0.712.